The summed E-state index contributed by atoms with van der Waals surface area (Å²) in [6.45, 7) is 2.93. The van der Waals surface area contributed by atoms with Crippen LogP contribution in [0.15, 0.2) is 12.3 Å². The fraction of sp³-hybridized carbons (Fsp3) is 0.500. The summed E-state index contributed by atoms with van der Waals surface area (Å²) in [7, 11) is 0. The molecule has 0 spiro atoms. The molecule has 2 unspecified atom stereocenters. The van der Waals surface area contributed by atoms with Gasteiger partial charge in [0.15, 0.2) is 0 Å². The fourth-order valence-corrected chi connectivity index (χ4v) is 2.21. The van der Waals surface area contributed by atoms with Crippen molar-refractivity contribution >= 4 is 23.3 Å². The number of nitrogen functional groups attached to an aromatic ring is 1. The molecule has 2 heterocycles. The zero-order valence-corrected chi connectivity index (χ0v) is 10.9. The number of rotatable bonds is 1. The third-order valence-electron chi connectivity index (χ3n) is 3.31. The first kappa shape index (κ1) is 13.1. The van der Waals surface area contributed by atoms with Crippen molar-refractivity contribution in [1.29, 1.82) is 0 Å². The Bertz CT molecular complexity index is 467. The Hall–Kier alpha value is -1.33. The summed E-state index contributed by atoms with van der Waals surface area (Å²) in [5.74, 6) is 0.265. The molecule has 0 saturated carbocycles. The van der Waals surface area contributed by atoms with E-state index in [1.54, 1.807) is 4.90 Å². The quantitative estimate of drug-likeness (QED) is 0.802. The molecule has 0 aromatic carbocycles. The van der Waals surface area contributed by atoms with Crippen molar-refractivity contribution in [3.05, 3.63) is 22.8 Å². The Balaban J connectivity index is 2.19. The first-order valence-electron chi connectivity index (χ1n) is 5.87. The Morgan fingerprint density at radius 1 is 1.67 bits per heavy atom. The number of hydrogen-bond acceptors (Lipinski definition) is 4. The summed E-state index contributed by atoms with van der Waals surface area (Å²) in [5, 5.41) is 10.1. The van der Waals surface area contributed by atoms with Crippen LogP contribution in [0, 0.1) is 5.92 Å². The van der Waals surface area contributed by atoms with Gasteiger partial charge in [-0.1, -0.05) is 18.5 Å². The van der Waals surface area contributed by atoms with Gasteiger partial charge < -0.3 is 15.7 Å². The van der Waals surface area contributed by atoms with E-state index in [9.17, 15) is 9.90 Å². The number of halogens is 1. The number of aromatic nitrogens is 1. The summed E-state index contributed by atoms with van der Waals surface area (Å²) in [6.07, 6.45) is 1.67. The van der Waals surface area contributed by atoms with Crippen LogP contribution < -0.4 is 5.73 Å². The van der Waals surface area contributed by atoms with Crippen LogP contribution in [0.2, 0.25) is 5.02 Å². The van der Waals surface area contributed by atoms with Gasteiger partial charge >= 0.3 is 0 Å². The number of aliphatic hydroxyl groups is 1. The molecule has 1 saturated heterocycles. The van der Waals surface area contributed by atoms with Crippen LogP contribution in [0.4, 0.5) is 5.82 Å². The van der Waals surface area contributed by atoms with Gasteiger partial charge in [-0.25, -0.2) is 4.98 Å². The predicted octanol–water partition coefficient (Wildman–Crippen LogP) is 1.16. The number of anilines is 1. The lowest BCUT2D eigenvalue weighted by molar-refractivity contribution is 0.0249. The molecule has 1 aromatic heterocycles. The average molecular weight is 270 g/mol. The second kappa shape index (κ2) is 5.12. The van der Waals surface area contributed by atoms with Crippen molar-refractivity contribution in [3.8, 4) is 0 Å². The number of nitrogens with zero attached hydrogens (tertiary/aromatic N) is 2. The fourth-order valence-electron chi connectivity index (χ4n) is 2.02. The van der Waals surface area contributed by atoms with Crippen LogP contribution >= 0.6 is 11.6 Å². The standard InChI is InChI=1S/C12H16ClN3O2/c1-7-2-3-16(6-10(7)17)12(18)8-4-11(14)15-5-9(8)13/h4-5,7,10,17H,2-3,6H2,1H3,(H2,14,15). The molecular weight excluding hydrogens is 254 g/mol. The van der Waals surface area contributed by atoms with Crippen molar-refractivity contribution in [3.63, 3.8) is 0 Å². The monoisotopic (exact) mass is 269 g/mol. The van der Waals surface area contributed by atoms with E-state index in [0.717, 1.165) is 6.42 Å². The number of carbonyl (C=O) groups is 1. The molecule has 1 aliphatic rings. The van der Waals surface area contributed by atoms with E-state index in [0.29, 0.717) is 18.7 Å². The predicted molar refractivity (Wildman–Crippen MR) is 69.4 cm³/mol. The normalized spacial score (nSPS) is 24.1. The number of aliphatic hydroxyl groups excluding tert-OH is 1. The van der Waals surface area contributed by atoms with E-state index in [1.807, 2.05) is 6.92 Å². The van der Waals surface area contributed by atoms with Gasteiger partial charge in [-0.3, -0.25) is 4.79 Å². The Kier molecular flexibility index (Phi) is 3.73. The van der Waals surface area contributed by atoms with Crippen LogP contribution in [-0.2, 0) is 0 Å². The highest BCUT2D eigenvalue weighted by molar-refractivity contribution is 6.33. The molecule has 2 rings (SSSR count). The highest BCUT2D eigenvalue weighted by atomic mass is 35.5. The smallest absolute Gasteiger partial charge is 0.255 e. The maximum absolute atomic E-state index is 12.3. The van der Waals surface area contributed by atoms with Crippen molar-refractivity contribution in [2.75, 3.05) is 18.8 Å². The van der Waals surface area contributed by atoms with Gasteiger partial charge in [-0.05, 0) is 18.4 Å². The Morgan fingerprint density at radius 3 is 3.06 bits per heavy atom. The first-order valence-corrected chi connectivity index (χ1v) is 6.25. The molecule has 0 aliphatic carbocycles. The van der Waals surface area contributed by atoms with E-state index in [4.69, 9.17) is 17.3 Å². The van der Waals surface area contributed by atoms with E-state index in [1.165, 1.54) is 12.3 Å². The molecule has 18 heavy (non-hydrogen) atoms. The average Bonchev–Trinajstić information content (AvgIpc) is 2.35. The highest BCUT2D eigenvalue weighted by Gasteiger charge is 2.28. The van der Waals surface area contributed by atoms with Gasteiger partial charge in [0.25, 0.3) is 5.91 Å². The minimum Gasteiger partial charge on any atom is -0.391 e. The number of nitrogens with two attached hydrogens (primary N) is 1. The zero-order chi connectivity index (χ0) is 13.3. The lowest BCUT2D eigenvalue weighted by Crippen LogP contribution is -2.45. The second-order valence-electron chi connectivity index (χ2n) is 4.67. The van der Waals surface area contributed by atoms with E-state index in [-0.39, 0.29) is 22.7 Å². The minimum absolute atomic E-state index is 0.208. The number of carbonyl (C=O) groups excluding carboxylic acids is 1. The molecule has 0 radical (unpaired) electrons. The Labute approximate surface area is 111 Å². The maximum Gasteiger partial charge on any atom is 0.255 e. The van der Waals surface area contributed by atoms with Gasteiger partial charge in [-0.15, -0.1) is 0 Å². The van der Waals surface area contributed by atoms with Crippen molar-refractivity contribution in [2.24, 2.45) is 5.92 Å². The first-order chi connectivity index (χ1) is 8.49. The van der Waals surface area contributed by atoms with Crippen molar-refractivity contribution in [1.82, 2.24) is 9.88 Å². The molecule has 98 valence electrons. The van der Waals surface area contributed by atoms with Crippen LogP contribution in [-0.4, -0.2) is 40.1 Å². The summed E-state index contributed by atoms with van der Waals surface area (Å²) < 4.78 is 0. The molecular formula is C12H16ClN3O2. The lowest BCUT2D eigenvalue weighted by Gasteiger charge is -2.34. The van der Waals surface area contributed by atoms with Gasteiger partial charge in [0.05, 0.1) is 16.7 Å². The second-order valence-corrected chi connectivity index (χ2v) is 5.08. The lowest BCUT2D eigenvalue weighted by atomic mass is 9.95. The van der Waals surface area contributed by atoms with Gasteiger partial charge in [0, 0.05) is 19.3 Å². The minimum atomic E-state index is -0.486. The highest BCUT2D eigenvalue weighted by Crippen LogP contribution is 2.22. The summed E-state index contributed by atoms with van der Waals surface area (Å²) >= 11 is 5.95. The molecule has 2 atom stereocenters. The maximum atomic E-state index is 12.3. The molecule has 3 N–H and O–H groups in total. The van der Waals surface area contributed by atoms with Crippen LogP contribution in [0.5, 0.6) is 0 Å². The topological polar surface area (TPSA) is 79.5 Å². The van der Waals surface area contributed by atoms with Crippen molar-refractivity contribution in [2.45, 2.75) is 19.4 Å². The number of likely N-dealkylation sites (tertiary alicyclic amines) is 1. The molecule has 1 aliphatic heterocycles. The van der Waals surface area contributed by atoms with E-state index >= 15 is 0 Å². The van der Waals surface area contributed by atoms with Crippen LogP contribution in [0.1, 0.15) is 23.7 Å². The molecule has 1 fully saturated rings. The van der Waals surface area contributed by atoms with Gasteiger partial charge in [-0.2, -0.15) is 0 Å². The summed E-state index contributed by atoms with van der Waals surface area (Å²) in [4.78, 5) is 17.7. The zero-order valence-electron chi connectivity index (χ0n) is 10.1. The van der Waals surface area contributed by atoms with Crippen LogP contribution in [0.3, 0.4) is 0 Å². The number of β-amino-alcohol motifs (C(OH)–C–C–N with tert-alkyl or cyclic N) is 1. The third-order valence-corrected chi connectivity index (χ3v) is 3.61. The SMILES string of the molecule is CC1CCN(C(=O)c2cc(N)ncc2Cl)CC1O. The summed E-state index contributed by atoms with van der Waals surface area (Å²) in [6, 6.07) is 1.47. The number of amides is 1. The third kappa shape index (κ3) is 2.57. The van der Waals surface area contributed by atoms with Crippen molar-refractivity contribution < 1.29 is 9.90 Å². The van der Waals surface area contributed by atoms with Gasteiger partial charge in [0.1, 0.15) is 5.82 Å². The molecule has 1 amide bonds. The van der Waals surface area contributed by atoms with E-state index < -0.39 is 6.10 Å². The molecule has 1 aromatic rings. The summed E-state index contributed by atoms with van der Waals surface area (Å²) in [5.41, 5.74) is 5.89. The largest absolute Gasteiger partial charge is 0.391 e. The Morgan fingerprint density at radius 2 is 2.39 bits per heavy atom. The van der Waals surface area contributed by atoms with Crippen LogP contribution in [0.25, 0.3) is 0 Å². The molecule has 5 nitrogen and oxygen atoms in total. The number of pyridine rings is 1. The van der Waals surface area contributed by atoms with E-state index in [2.05, 4.69) is 4.98 Å². The van der Waals surface area contributed by atoms with Gasteiger partial charge in [0.2, 0.25) is 0 Å². The number of hydrogen-bond donors (Lipinski definition) is 2. The molecule has 6 heteroatoms. The number of piperidine rings is 1. The molecule has 0 bridgehead atoms.